The van der Waals surface area contributed by atoms with Gasteiger partial charge in [0.2, 0.25) is 5.91 Å². The summed E-state index contributed by atoms with van der Waals surface area (Å²) in [4.78, 5) is 35.7. The molecule has 3 aromatic rings. The Kier molecular flexibility index (Phi) is 5.16. The fourth-order valence-electron chi connectivity index (χ4n) is 3.43. The van der Waals surface area contributed by atoms with Crippen LogP contribution in [0.3, 0.4) is 0 Å². The van der Waals surface area contributed by atoms with Gasteiger partial charge in [0.05, 0.1) is 30.5 Å². The summed E-state index contributed by atoms with van der Waals surface area (Å²) in [7, 11) is 1.37. The number of benzene rings is 1. The number of anilines is 1. The van der Waals surface area contributed by atoms with E-state index in [0.29, 0.717) is 12.1 Å². The Hall–Kier alpha value is -3.06. The van der Waals surface area contributed by atoms with Crippen LogP contribution in [-0.2, 0) is 22.4 Å². The Balaban J connectivity index is 1.56. The second kappa shape index (κ2) is 7.90. The summed E-state index contributed by atoms with van der Waals surface area (Å²) < 4.78 is 4.88. The lowest BCUT2D eigenvalue weighted by Crippen LogP contribution is -2.37. The van der Waals surface area contributed by atoms with Gasteiger partial charge in [0.25, 0.3) is 0 Å². The van der Waals surface area contributed by atoms with Crippen molar-refractivity contribution in [1.82, 2.24) is 9.97 Å². The van der Waals surface area contributed by atoms with E-state index in [1.807, 2.05) is 29.6 Å². The zero-order chi connectivity index (χ0) is 19.5. The average Bonchev–Trinajstić information content (AvgIpc) is 3.21. The van der Waals surface area contributed by atoms with Crippen molar-refractivity contribution in [2.75, 3.05) is 18.6 Å². The summed E-state index contributed by atoms with van der Waals surface area (Å²) in [5.74, 6) is -0.397. The van der Waals surface area contributed by atoms with E-state index in [2.05, 4.69) is 9.97 Å². The Labute approximate surface area is 166 Å². The maximum Gasteiger partial charge on any atom is 0.338 e. The number of pyridine rings is 1. The first-order valence-corrected chi connectivity index (χ1v) is 9.91. The molecule has 0 unspecified atom stereocenters. The molecule has 0 spiro atoms. The summed E-state index contributed by atoms with van der Waals surface area (Å²) >= 11 is 1.48. The van der Waals surface area contributed by atoms with Crippen LogP contribution in [0.1, 0.15) is 28.0 Å². The van der Waals surface area contributed by atoms with E-state index < -0.39 is 0 Å². The Morgan fingerprint density at radius 3 is 2.89 bits per heavy atom. The Bertz CT molecular complexity index is 1020. The van der Waals surface area contributed by atoms with E-state index in [-0.39, 0.29) is 18.3 Å². The normalized spacial score (nSPS) is 13.1. The van der Waals surface area contributed by atoms with E-state index in [1.54, 1.807) is 23.2 Å². The molecule has 0 radical (unpaired) electrons. The highest BCUT2D eigenvalue weighted by atomic mass is 32.1. The molecule has 0 saturated heterocycles. The summed E-state index contributed by atoms with van der Waals surface area (Å²) in [5.41, 5.74) is 3.73. The quantitative estimate of drug-likeness (QED) is 0.634. The first kappa shape index (κ1) is 18.3. The fourth-order valence-corrected chi connectivity index (χ4v) is 4.23. The van der Waals surface area contributed by atoms with E-state index in [9.17, 15) is 9.59 Å². The van der Waals surface area contributed by atoms with Crippen molar-refractivity contribution in [1.29, 1.82) is 0 Å². The van der Waals surface area contributed by atoms with Gasteiger partial charge in [-0.05, 0) is 42.7 Å². The third-order valence-electron chi connectivity index (χ3n) is 4.73. The molecule has 1 aliphatic rings. The van der Waals surface area contributed by atoms with Crippen molar-refractivity contribution in [3.05, 3.63) is 64.8 Å². The van der Waals surface area contributed by atoms with Crippen molar-refractivity contribution in [3.8, 4) is 10.7 Å². The van der Waals surface area contributed by atoms with E-state index >= 15 is 0 Å². The van der Waals surface area contributed by atoms with Gasteiger partial charge in [-0.15, -0.1) is 11.3 Å². The lowest BCUT2D eigenvalue weighted by molar-refractivity contribution is -0.118. The molecule has 3 heterocycles. The zero-order valence-corrected chi connectivity index (χ0v) is 16.2. The van der Waals surface area contributed by atoms with E-state index in [0.717, 1.165) is 40.5 Å². The maximum absolute atomic E-state index is 13.0. The number of hydrogen-bond acceptors (Lipinski definition) is 6. The van der Waals surface area contributed by atoms with Gasteiger partial charge in [0, 0.05) is 23.8 Å². The number of methoxy groups -OCH3 is 1. The average molecular weight is 393 g/mol. The highest BCUT2D eigenvalue weighted by Crippen LogP contribution is 2.31. The molecular weight excluding hydrogens is 374 g/mol. The highest BCUT2D eigenvalue weighted by Gasteiger charge is 2.26. The minimum absolute atomic E-state index is 0.0270. The molecule has 0 bridgehead atoms. The largest absolute Gasteiger partial charge is 0.465 e. The monoisotopic (exact) mass is 393 g/mol. The molecule has 0 fully saturated rings. The predicted octanol–water partition coefficient (Wildman–Crippen LogP) is 3.51. The van der Waals surface area contributed by atoms with Crippen LogP contribution in [0.25, 0.3) is 10.7 Å². The maximum atomic E-state index is 13.0. The fraction of sp³-hybridized carbons (Fsp3) is 0.238. The van der Waals surface area contributed by atoms with Gasteiger partial charge in [0.15, 0.2) is 0 Å². The van der Waals surface area contributed by atoms with Crippen LogP contribution in [0.2, 0.25) is 0 Å². The number of hydrogen-bond donors (Lipinski definition) is 0. The highest BCUT2D eigenvalue weighted by molar-refractivity contribution is 7.13. The summed E-state index contributed by atoms with van der Waals surface area (Å²) in [6.45, 7) is 0.633. The number of thiazole rings is 1. The first-order valence-electron chi connectivity index (χ1n) is 9.03. The van der Waals surface area contributed by atoms with Gasteiger partial charge >= 0.3 is 5.97 Å². The molecule has 28 heavy (non-hydrogen) atoms. The summed E-state index contributed by atoms with van der Waals surface area (Å²) in [5, 5.41) is 2.70. The van der Waals surface area contributed by atoms with Crippen LogP contribution in [-0.4, -0.2) is 35.5 Å². The Morgan fingerprint density at radius 2 is 2.11 bits per heavy atom. The lowest BCUT2D eigenvalue weighted by atomic mass is 9.96. The molecule has 1 amide bonds. The van der Waals surface area contributed by atoms with Crippen molar-refractivity contribution in [2.24, 2.45) is 0 Å². The van der Waals surface area contributed by atoms with E-state index in [1.165, 1.54) is 18.4 Å². The van der Waals surface area contributed by atoms with Crippen LogP contribution >= 0.6 is 11.3 Å². The molecule has 142 valence electrons. The molecular formula is C21H19N3O3S. The van der Waals surface area contributed by atoms with Gasteiger partial charge in [-0.25, -0.2) is 9.78 Å². The topological polar surface area (TPSA) is 72.4 Å². The number of ether oxygens (including phenoxy) is 1. The number of fused-ring (bicyclic) bond motifs is 1. The minimum atomic E-state index is -0.370. The van der Waals surface area contributed by atoms with Gasteiger partial charge in [-0.1, -0.05) is 12.1 Å². The third kappa shape index (κ3) is 3.53. The molecule has 1 aromatic carbocycles. The molecule has 6 nitrogen and oxygen atoms in total. The third-order valence-corrected chi connectivity index (χ3v) is 5.64. The SMILES string of the molecule is COC(=O)c1cccc2c1CCCN2C(=O)Cc1csc(-c2ccccn2)n1. The molecule has 0 saturated carbocycles. The van der Waals surface area contributed by atoms with Crippen molar-refractivity contribution in [2.45, 2.75) is 19.3 Å². The molecule has 7 heteroatoms. The molecule has 2 aromatic heterocycles. The second-order valence-corrected chi connectivity index (χ2v) is 7.34. The van der Waals surface area contributed by atoms with Crippen molar-refractivity contribution < 1.29 is 14.3 Å². The zero-order valence-electron chi connectivity index (χ0n) is 15.4. The van der Waals surface area contributed by atoms with Crippen LogP contribution in [0.4, 0.5) is 5.69 Å². The summed E-state index contributed by atoms with van der Waals surface area (Å²) in [6, 6.07) is 11.1. The molecule has 1 aliphatic heterocycles. The van der Waals surface area contributed by atoms with Crippen LogP contribution in [0, 0.1) is 0 Å². The van der Waals surface area contributed by atoms with Crippen molar-refractivity contribution >= 4 is 28.9 Å². The van der Waals surface area contributed by atoms with Crippen LogP contribution in [0.5, 0.6) is 0 Å². The molecule has 0 aliphatic carbocycles. The molecule has 4 rings (SSSR count). The smallest absolute Gasteiger partial charge is 0.338 e. The minimum Gasteiger partial charge on any atom is -0.465 e. The number of carbonyl (C=O) groups is 2. The molecule has 0 atom stereocenters. The standard InChI is InChI=1S/C21H19N3O3S/c1-27-21(26)16-6-4-9-18-15(16)7-5-11-24(18)19(25)12-14-13-28-20(23-14)17-8-2-3-10-22-17/h2-4,6,8-10,13H,5,7,11-12H2,1H3. The number of carbonyl (C=O) groups excluding carboxylic acids is 2. The van der Waals surface area contributed by atoms with E-state index in [4.69, 9.17) is 4.74 Å². The van der Waals surface area contributed by atoms with Gasteiger partial charge in [0.1, 0.15) is 5.01 Å². The number of esters is 1. The molecule has 0 N–H and O–H groups in total. The van der Waals surface area contributed by atoms with Crippen molar-refractivity contribution in [3.63, 3.8) is 0 Å². The number of aromatic nitrogens is 2. The number of amides is 1. The summed E-state index contributed by atoms with van der Waals surface area (Å²) in [6.07, 6.45) is 3.50. The Morgan fingerprint density at radius 1 is 1.21 bits per heavy atom. The predicted molar refractivity (Wildman–Crippen MR) is 108 cm³/mol. The second-order valence-electron chi connectivity index (χ2n) is 6.48. The number of nitrogens with zero attached hydrogens (tertiary/aromatic N) is 3. The number of rotatable bonds is 4. The van der Waals surface area contributed by atoms with Gasteiger partial charge in [-0.2, -0.15) is 0 Å². The van der Waals surface area contributed by atoms with Crippen LogP contribution < -0.4 is 4.90 Å². The van der Waals surface area contributed by atoms with Gasteiger partial charge in [-0.3, -0.25) is 9.78 Å². The van der Waals surface area contributed by atoms with Gasteiger partial charge < -0.3 is 9.64 Å². The van der Waals surface area contributed by atoms with Crippen LogP contribution in [0.15, 0.2) is 48.0 Å². The first-order chi connectivity index (χ1) is 13.7. The lowest BCUT2D eigenvalue weighted by Gasteiger charge is -2.30.